The monoisotopic (exact) mass is 287 g/mol. The van der Waals surface area contributed by atoms with Crippen molar-refractivity contribution < 1.29 is 24.2 Å². The quantitative estimate of drug-likeness (QED) is 0.609. The number of nitrogens with one attached hydrogen (secondary N) is 1. The van der Waals surface area contributed by atoms with Crippen LogP contribution in [-0.4, -0.2) is 59.8 Å². The lowest BCUT2D eigenvalue weighted by Gasteiger charge is -2.28. The third-order valence-corrected chi connectivity index (χ3v) is 3.43. The Morgan fingerprint density at radius 3 is 2.60 bits per heavy atom. The van der Waals surface area contributed by atoms with Gasteiger partial charge in [-0.3, -0.25) is 4.79 Å². The van der Waals surface area contributed by atoms with Gasteiger partial charge >= 0.3 is 12.0 Å². The molecule has 1 aliphatic heterocycles. The van der Waals surface area contributed by atoms with E-state index >= 15 is 0 Å². The summed E-state index contributed by atoms with van der Waals surface area (Å²) in [6.07, 6.45) is 0.509. The van der Waals surface area contributed by atoms with Crippen molar-refractivity contribution in [2.24, 2.45) is 5.73 Å². The van der Waals surface area contributed by atoms with Crippen molar-refractivity contribution in [1.82, 2.24) is 10.2 Å². The molecule has 0 aromatic rings. The second-order valence-electron chi connectivity index (χ2n) is 4.89. The highest BCUT2D eigenvalue weighted by Crippen LogP contribution is 2.18. The predicted octanol–water partition coefficient (Wildman–Crippen LogP) is -0.476. The molecule has 3 amide bonds. The van der Waals surface area contributed by atoms with Crippen LogP contribution in [0.25, 0.3) is 0 Å². The van der Waals surface area contributed by atoms with Gasteiger partial charge in [-0.1, -0.05) is 0 Å². The molecule has 1 aliphatic rings. The highest BCUT2D eigenvalue weighted by Gasteiger charge is 2.32. The van der Waals surface area contributed by atoms with E-state index in [-0.39, 0.29) is 25.0 Å². The molecule has 1 saturated heterocycles. The van der Waals surface area contributed by atoms with Crippen molar-refractivity contribution in [2.75, 3.05) is 13.7 Å². The van der Waals surface area contributed by atoms with Crippen molar-refractivity contribution in [2.45, 2.75) is 44.4 Å². The minimum Gasteiger partial charge on any atom is -0.480 e. The van der Waals surface area contributed by atoms with Crippen LogP contribution in [0.1, 0.15) is 26.2 Å². The molecule has 0 aliphatic carbocycles. The number of hydrogen-bond acceptors (Lipinski definition) is 4. The van der Waals surface area contributed by atoms with E-state index in [0.717, 1.165) is 0 Å². The average Bonchev–Trinajstić information content (AvgIpc) is 2.78. The Balaban J connectivity index is 2.56. The zero-order valence-electron chi connectivity index (χ0n) is 11.7. The van der Waals surface area contributed by atoms with Crippen LogP contribution < -0.4 is 11.1 Å². The molecule has 20 heavy (non-hydrogen) atoms. The zero-order chi connectivity index (χ0) is 15.3. The molecule has 4 N–H and O–H groups in total. The number of nitrogens with two attached hydrogens (primary N) is 1. The van der Waals surface area contributed by atoms with E-state index in [2.05, 4.69) is 5.32 Å². The molecular weight excluding hydrogens is 266 g/mol. The number of hydrogen-bond donors (Lipinski definition) is 3. The molecule has 0 spiro atoms. The Labute approximate surface area is 117 Å². The number of nitrogens with zero attached hydrogens (tertiary/aromatic N) is 1. The van der Waals surface area contributed by atoms with E-state index in [1.54, 1.807) is 7.05 Å². The molecule has 1 rings (SSSR count). The topological polar surface area (TPSA) is 122 Å². The van der Waals surface area contributed by atoms with Gasteiger partial charge in [0.25, 0.3) is 0 Å². The number of rotatable bonds is 6. The summed E-state index contributed by atoms with van der Waals surface area (Å²) < 4.78 is 5.37. The number of carboxylic acids is 1. The molecule has 3 atom stereocenters. The Bertz CT molecular complexity index is 387. The van der Waals surface area contributed by atoms with Gasteiger partial charge in [0.15, 0.2) is 0 Å². The third kappa shape index (κ3) is 4.37. The Hall–Kier alpha value is -1.83. The largest absolute Gasteiger partial charge is 0.480 e. The van der Waals surface area contributed by atoms with Crippen LogP contribution in [0.2, 0.25) is 0 Å². The summed E-state index contributed by atoms with van der Waals surface area (Å²) in [5, 5.41) is 11.4. The molecule has 8 nitrogen and oxygen atoms in total. The molecule has 2 unspecified atom stereocenters. The Morgan fingerprint density at radius 1 is 1.50 bits per heavy atom. The summed E-state index contributed by atoms with van der Waals surface area (Å²) in [5.74, 6) is -1.79. The summed E-state index contributed by atoms with van der Waals surface area (Å²) in [6.45, 7) is 2.44. The van der Waals surface area contributed by atoms with E-state index in [1.165, 1.54) is 4.90 Å². The van der Waals surface area contributed by atoms with Gasteiger partial charge in [0.1, 0.15) is 6.04 Å². The molecule has 0 radical (unpaired) electrons. The molecule has 1 fully saturated rings. The van der Waals surface area contributed by atoms with Crippen molar-refractivity contribution in [3.63, 3.8) is 0 Å². The first-order chi connectivity index (χ1) is 9.32. The normalized spacial score (nSPS) is 23.1. The summed E-state index contributed by atoms with van der Waals surface area (Å²) in [6, 6.07) is -1.71. The lowest BCUT2D eigenvalue weighted by Crippen LogP contribution is -2.51. The van der Waals surface area contributed by atoms with Gasteiger partial charge in [-0.2, -0.15) is 0 Å². The van der Waals surface area contributed by atoms with Gasteiger partial charge in [-0.25, -0.2) is 9.59 Å². The maximum Gasteiger partial charge on any atom is 0.326 e. The molecule has 0 aromatic heterocycles. The van der Waals surface area contributed by atoms with E-state index in [1.807, 2.05) is 6.92 Å². The van der Waals surface area contributed by atoms with Crippen LogP contribution in [-0.2, 0) is 14.3 Å². The van der Waals surface area contributed by atoms with Crippen molar-refractivity contribution >= 4 is 17.9 Å². The summed E-state index contributed by atoms with van der Waals surface area (Å²) in [5.41, 5.74) is 4.98. The van der Waals surface area contributed by atoms with Crippen LogP contribution in [0.3, 0.4) is 0 Å². The van der Waals surface area contributed by atoms with Gasteiger partial charge in [0.2, 0.25) is 5.91 Å². The first kappa shape index (κ1) is 16.2. The lowest BCUT2D eigenvalue weighted by molar-refractivity contribution is -0.139. The van der Waals surface area contributed by atoms with Crippen LogP contribution in [0.15, 0.2) is 0 Å². The first-order valence-electron chi connectivity index (χ1n) is 6.49. The summed E-state index contributed by atoms with van der Waals surface area (Å²) in [7, 11) is 1.60. The average molecular weight is 287 g/mol. The lowest BCUT2D eigenvalue weighted by atomic mass is 10.1. The maximum atomic E-state index is 12.0. The number of carbonyl (C=O) groups excluding carboxylic acids is 2. The molecule has 1 heterocycles. The smallest absolute Gasteiger partial charge is 0.326 e. The number of ether oxygens (including phenoxy) is 1. The maximum absolute atomic E-state index is 12.0. The highest BCUT2D eigenvalue weighted by atomic mass is 16.5. The second-order valence-corrected chi connectivity index (χ2v) is 4.89. The Kier molecular flexibility index (Phi) is 5.75. The van der Waals surface area contributed by atoms with Gasteiger partial charge in [0, 0.05) is 20.1 Å². The van der Waals surface area contributed by atoms with Gasteiger partial charge in [0.05, 0.1) is 12.1 Å². The molecule has 114 valence electrons. The number of amides is 3. The third-order valence-electron chi connectivity index (χ3n) is 3.43. The zero-order valence-corrected chi connectivity index (χ0v) is 11.7. The van der Waals surface area contributed by atoms with Crippen LogP contribution in [0.5, 0.6) is 0 Å². The van der Waals surface area contributed by atoms with Crippen molar-refractivity contribution in [1.29, 1.82) is 0 Å². The van der Waals surface area contributed by atoms with E-state index < -0.39 is 23.9 Å². The van der Waals surface area contributed by atoms with Crippen LogP contribution in [0, 0.1) is 0 Å². The second kappa shape index (κ2) is 7.09. The minimum atomic E-state index is -1.19. The fourth-order valence-corrected chi connectivity index (χ4v) is 2.17. The summed E-state index contributed by atoms with van der Waals surface area (Å²) >= 11 is 0. The fourth-order valence-electron chi connectivity index (χ4n) is 2.17. The first-order valence-corrected chi connectivity index (χ1v) is 6.49. The van der Waals surface area contributed by atoms with E-state index in [9.17, 15) is 14.4 Å². The van der Waals surface area contributed by atoms with E-state index in [0.29, 0.717) is 13.0 Å². The minimum absolute atomic E-state index is 0.0268. The number of carboxylic acid groups (broad SMARTS) is 1. The number of carbonyl (C=O) groups is 3. The SMILES string of the molecule is CC1OCCC1N(C)C(=O)N[C@@H](CCC(N)=O)C(=O)O. The molecule has 0 saturated carbocycles. The van der Waals surface area contributed by atoms with Crippen molar-refractivity contribution in [3.8, 4) is 0 Å². The summed E-state index contributed by atoms with van der Waals surface area (Å²) in [4.78, 5) is 35.2. The number of aliphatic carboxylic acids is 1. The molecular formula is C12H21N3O5. The van der Waals surface area contributed by atoms with E-state index in [4.69, 9.17) is 15.6 Å². The fraction of sp³-hybridized carbons (Fsp3) is 0.750. The predicted molar refractivity (Wildman–Crippen MR) is 70.0 cm³/mol. The number of primary amides is 1. The molecule has 0 aromatic carbocycles. The highest BCUT2D eigenvalue weighted by molar-refractivity contribution is 5.83. The van der Waals surface area contributed by atoms with Gasteiger partial charge in [-0.05, 0) is 19.8 Å². The van der Waals surface area contributed by atoms with Crippen LogP contribution >= 0.6 is 0 Å². The van der Waals surface area contributed by atoms with Crippen molar-refractivity contribution in [3.05, 3.63) is 0 Å². The standard InChI is InChI=1S/C12H21N3O5/c1-7-9(5-6-20-7)15(2)12(19)14-8(11(17)18)3-4-10(13)16/h7-9H,3-6H2,1-2H3,(H2,13,16)(H,14,19)(H,17,18)/t7?,8-,9?/m0/s1. The number of urea groups is 1. The van der Waals surface area contributed by atoms with Gasteiger partial charge < -0.3 is 25.8 Å². The molecule has 0 bridgehead atoms. The Morgan fingerprint density at radius 2 is 2.15 bits per heavy atom. The molecule has 8 heteroatoms. The van der Waals surface area contributed by atoms with Gasteiger partial charge in [-0.15, -0.1) is 0 Å². The van der Waals surface area contributed by atoms with Crippen LogP contribution in [0.4, 0.5) is 4.79 Å². The number of likely N-dealkylation sites (N-methyl/N-ethyl adjacent to an activating group) is 1.